The van der Waals surface area contributed by atoms with Crippen LogP contribution >= 0.6 is 22.5 Å². The topological polar surface area (TPSA) is 29.1 Å². The second-order valence-electron chi connectivity index (χ2n) is 1.64. The maximum atomic E-state index is 10.8. The summed E-state index contributed by atoms with van der Waals surface area (Å²) in [5, 5.41) is 2.64. The summed E-state index contributed by atoms with van der Waals surface area (Å²) in [6.45, 7) is 4.41. The highest BCUT2D eigenvalue weighted by molar-refractivity contribution is 8.69. The van der Waals surface area contributed by atoms with E-state index < -0.39 is 0 Å². The molecule has 0 fully saturated rings. The van der Waals surface area contributed by atoms with Crippen LogP contribution in [-0.2, 0) is 4.79 Å². The summed E-state index contributed by atoms with van der Waals surface area (Å²) in [5.74, 6) is 0.0532. The summed E-state index contributed by atoms with van der Waals surface area (Å²) in [5.41, 5.74) is 0. The molecule has 54 valence electrons. The number of carbonyl (C=O) groups is 1. The van der Waals surface area contributed by atoms with E-state index in [4.69, 9.17) is 0 Å². The molecule has 0 rings (SSSR count). The Morgan fingerprint density at radius 2 is 2.44 bits per heavy atom. The molecule has 1 amide bonds. The smallest absolute Gasteiger partial charge is 0.233 e. The monoisotopic (exact) mass is 165 g/mol. The van der Waals surface area contributed by atoms with Crippen LogP contribution < -0.4 is 5.32 Å². The Morgan fingerprint density at radius 1 is 1.89 bits per heavy atom. The quantitative estimate of drug-likeness (QED) is 0.484. The van der Waals surface area contributed by atoms with E-state index in [1.54, 1.807) is 0 Å². The molecule has 1 atom stereocenters. The average molecular weight is 165 g/mol. The van der Waals surface area contributed by atoms with Crippen LogP contribution in [0.5, 0.6) is 0 Å². The molecule has 0 spiro atoms. The van der Waals surface area contributed by atoms with Crippen molar-refractivity contribution in [3.63, 3.8) is 0 Å². The van der Waals surface area contributed by atoms with Crippen molar-refractivity contribution in [2.75, 3.05) is 6.54 Å². The predicted molar refractivity (Wildman–Crippen MR) is 44.7 cm³/mol. The third-order valence-corrected chi connectivity index (χ3v) is 2.36. The maximum Gasteiger partial charge on any atom is 0.233 e. The summed E-state index contributed by atoms with van der Waals surface area (Å²) in [6, 6.07) is 0. The van der Waals surface area contributed by atoms with E-state index >= 15 is 0 Å². The molecule has 0 radical (unpaired) electrons. The Labute approximate surface area is 64.6 Å². The van der Waals surface area contributed by atoms with Gasteiger partial charge in [0.15, 0.2) is 0 Å². The largest absolute Gasteiger partial charge is 0.355 e. The summed E-state index contributed by atoms with van der Waals surface area (Å²) in [6.07, 6.45) is 0. The lowest BCUT2D eigenvalue weighted by Gasteiger charge is -2.05. The van der Waals surface area contributed by atoms with Crippen LogP contribution in [0, 0.1) is 0 Å². The van der Waals surface area contributed by atoms with Crippen molar-refractivity contribution in [1.29, 1.82) is 0 Å². The minimum Gasteiger partial charge on any atom is -0.355 e. The molecule has 0 saturated heterocycles. The van der Waals surface area contributed by atoms with Crippen LogP contribution in [0.1, 0.15) is 13.8 Å². The van der Waals surface area contributed by atoms with E-state index in [2.05, 4.69) is 17.0 Å². The Hall–Kier alpha value is 0.170. The molecular formula is C5H11NOS2. The Morgan fingerprint density at radius 3 is 2.78 bits per heavy atom. The van der Waals surface area contributed by atoms with Gasteiger partial charge in [0, 0.05) is 6.54 Å². The molecule has 2 nitrogen and oxygen atoms in total. The van der Waals surface area contributed by atoms with E-state index in [-0.39, 0.29) is 11.2 Å². The highest BCUT2D eigenvalue weighted by Crippen LogP contribution is 2.13. The van der Waals surface area contributed by atoms with Crippen LogP contribution in [0.2, 0.25) is 0 Å². The van der Waals surface area contributed by atoms with Crippen LogP contribution in [0.15, 0.2) is 0 Å². The van der Waals surface area contributed by atoms with E-state index in [9.17, 15) is 4.79 Å². The lowest BCUT2D eigenvalue weighted by atomic mass is 10.4. The van der Waals surface area contributed by atoms with Gasteiger partial charge in [-0.2, -0.15) is 0 Å². The second kappa shape index (κ2) is 4.99. The van der Waals surface area contributed by atoms with Gasteiger partial charge in [-0.1, -0.05) is 10.8 Å². The van der Waals surface area contributed by atoms with Gasteiger partial charge in [0.05, 0.1) is 5.25 Å². The molecule has 1 N–H and O–H groups in total. The summed E-state index contributed by atoms with van der Waals surface area (Å²) >= 11 is 3.90. The first kappa shape index (κ1) is 9.17. The van der Waals surface area contributed by atoms with Gasteiger partial charge in [-0.05, 0) is 13.8 Å². The first-order valence-electron chi connectivity index (χ1n) is 2.80. The SMILES string of the molecule is CCNC(=O)C(C)SS. The first-order valence-corrected chi connectivity index (χ1v) is 4.73. The van der Waals surface area contributed by atoms with Crippen LogP contribution in [-0.4, -0.2) is 17.7 Å². The van der Waals surface area contributed by atoms with Crippen molar-refractivity contribution < 1.29 is 4.79 Å². The van der Waals surface area contributed by atoms with Crippen molar-refractivity contribution >= 4 is 28.4 Å². The number of nitrogens with one attached hydrogen (secondary N) is 1. The zero-order valence-electron chi connectivity index (χ0n) is 5.55. The molecule has 0 bridgehead atoms. The molecule has 0 aromatic carbocycles. The third-order valence-electron chi connectivity index (χ3n) is 0.878. The van der Waals surface area contributed by atoms with Crippen LogP contribution in [0.3, 0.4) is 0 Å². The average Bonchev–Trinajstić information content (AvgIpc) is 1.87. The molecule has 0 aromatic rings. The molecule has 0 heterocycles. The molecule has 4 heteroatoms. The van der Waals surface area contributed by atoms with Gasteiger partial charge in [-0.3, -0.25) is 4.79 Å². The molecule has 9 heavy (non-hydrogen) atoms. The number of carbonyl (C=O) groups excluding carboxylic acids is 1. The van der Waals surface area contributed by atoms with Gasteiger partial charge in [-0.15, -0.1) is 11.7 Å². The Bertz CT molecular complexity index is 97.0. The van der Waals surface area contributed by atoms with Crippen molar-refractivity contribution in [3.05, 3.63) is 0 Å². The standard InChI is InChI=1S/C5H11NOS2/c1-3-6-5(7)4(2)9-8/h4,8H,3H2,1-2H3,(H,6,7). The Kier molecular flexibility index (Phi) is 5.09. The minimum atomic E-state index is -0.0479. The molecule has 1 unspecified atom stereocenters. The minimum absolute atomic E-state index is 0.0479. The van der Waals surface area contributed by atoms with Gasteiger partial charge >= 0.3 is 0 Å². The van der Waals surface area contributed by atoms with Gasteiger partial charge in [0.2, 0.25) is 5.91 Å². The first-order chi connectivity index (χ1) is 4.22. The van der Waals surface area contributed by atoms with Gasteiger partial charge in [0.25, 0.3) is 0 Å². The summed E-state index contributed by atoms with van der Waals surface area (Å²) < 4.78 is 0. The number of hydrogen-bond donors (Lipinski definition) is 2. The normalized spacial score (nSPS) is 12.8. The number of hydrogen-bond acceptors (Lipinski definition) is 3. The highest BCUT2D eigenvalue weighted by Gasteiger charge is 2.08. The number of thiol groups is 1. The van der Waals surface area contributed by atoms with E-state index in [1.807, 2.05) is 13.8 Å². The molecule has 0 aliphatic rings. The van der Waals surface area contributed by atoms with Crippen LogP contribution in [0.4, 0.5) is 0 Å². The van der Waals surface area contributed by atoms with E-state index in [0.717, 1.165) is 0 Å². The Balaban J connectivity index is 3.46. The lowest BCUT2D eigenvalue weighted by Crippen LogP contribution is -2.29. The molecule has 0 saturated carbocycles. The van der Waals surface area contributed by atoms with E-state index in [0.29, 0.717) is 6.54 Å². The second-order valence-corrected chi connectivity index (χ2v) is 3.19. The summed E-state index contributed by atoms with van der Waals surface area (Å²) in [7, 11) is 1.26. The zero-order valence-corrected chi connectivity index (χ0v) is 7.26. The molecule has 0 aromatic heterocycles. The van der Waals surface area contributed by atoms with Crippen molar-refractivity contribution in [2.45, 2.75) is 19.1 Å². The number of rotatable bonds is 3. The van der Waals surface area contributed by atoms with Gasteiger partial charge < -0.3 is 5.32 Å². The van der Waals surface area contributed by atoms with Gasteiger partial charge in [0.1, 0.15) is 0 Å². The fourth-order valence-corrected chi connectivity index (χ4v) is 0.832. The molecular weight excluding hydrogens is 154 g/mol. The lowest BCUT2D eigenvalue weighted by molar-refractivity contribution is -0.120. The van der Waals surface area contributed by atoms with Gasteiger partial charge in [-0.25, -0.2) is 0 Å². The predicted octanol–water partition coefficient (Wildman–Crippen LogP) is 1.09. The highest BCUT2D eigenvalue weighted by atomic mass is 33.1. The fourth-order valence-electron chi connectivity index (χ4n) is 0.366. The fraction of sp³-hybridized carbons (Fsp3) is 0.800. The van der Waals surface area contributed by atoms with Crippen molar-refractivity contribution in [2.24, 2.45) is 0 Å². The number of amides is 1. The summed E-state index contributed by atoms with van der Waals surface area (Å²) in [4.78, 5) is 10.8. The van der Waals surface area contributed by atoms with Crippen LogP contribution in [0.25, 0.3) is 0 Å². The molecule has 0 aliphatic heterocycles. The molecule has 0 aliphatic carbocycles. The van der Waals surface area contributed by atoms with Crippen molar-refractivity contribution in [3.8, 4) is 0 Å². The van der Waals surface area contributed by atoms with E-state index in [1.165, 1.54) is 10.8 Å². The zero-order chi connectivity index (χ0) is 7.28. The third kappa shape index (κ3) is 3.70. The van der Waals surface area contributed by atoms with Crippen molar-refractivity contribution in [1.82, 2.24) is 5.32 Å². The maximum absolute atomic E-state index is 10.8.